The molecular weight excluding hydrogens is 569 g/mol. The van der Waals surface area contributed by atoms with Crippen LogP contribution >= 0.6 is 0 Å². The van der Waals surface area contributed by atoms with Gasteiger partial charge in [-0.3, -0.25) is 4.79 Å². The molecule has 2 N–H and O–H groups in total. The fourth-order valence-electron chi connectivity index (χ4n) is 4.12. The molecule has 2 amide bonds. The Morgan fingerprint density at radius 3 is 2.44 bits per heavy atom. The van der Waals surface area contributed by atoms with E-state index in [0.29, 0.717) is 43.8 Å². The van der Waals surface area contributed by atoms with Crippen molar-refractivity contribution in [1.82, 2.24) is 25.2 Å². The second-order valence-electron chi connectivity index (χ2n) is 9.63. The first kappa shape index (κ1) is 31.3. The van der Waals surface area contributed by atoms with Crippen LogP contribution < -0.4 is 20.1 Å². The van der Waals surface area contributed by atoms with Crippen LogP contribution in [0.4, 0.5) is 23.9 Å². The van der Waals surface area contributed by atoms with E-state index in [-0.39, 0.29) is 43.9 Å². The zero-order valence-electron chi connectivity index (χ0n) is 23.7. The average molecular weight is 603 g/mol. The van der Waals surface area contributed by atoms with Crippen molar-refractivity contribution < 1.29 is 37.0 Å². The topological polar surface area (TPSA) is 128 Å². The molecule has 2 aromatic carbocycles. The van der Waals surface area contributed by atoms with Crippen molar-refractivity contribution in [3.63, 3.8) is 0 Å². The maximum absolute atomic E-state index is 12.8. The zero-order chi connectivity index (χ0) is 30.7. The second-order valence-corrected chi connectivity index (χ2v) is 9.63. The van der Waals surface area contributed by atoms with Gasteiger partial charge in [0.1, 0.15) is 18.2 Å². The number of hydrogen-bond donors (Lipinski definition) is 2. The Labute approximate surface area is 246 Å². The molecule has 6 bridgehead atoms. The monoisotopic (exact) mass is 602 g/mol. The SMILES string of the molecule is CCOC(=O)N1CCCCNC(=O)c2ccc(cc2)Cc2nc(nc(OCC(F)(F)F)n2)NCc2ccc(cc2)OCC1. The minimum absolute atomic E-state index is 0.0482. The summed E-state index contributed by atoms with van der Waals surface area (Å²) < 4.78 is 54.1. The molecule has 0 radical (unpaired) electrons. The molecule has 14 heteroatoms. The van der Waals surface area contributed by atoms with Gasteiger partial charge >= 0.3 is 18.3 Å². The minimum Gasteiger partial charge on any atom is -0.492 e. The third kappa shape index (κ3) is 10.3. The van der Waals surface area contributed by atoms with Crippen LogP contribution in [0.15, 0.2) is 48.5 Å². The summed E-state index contributed by atoms with van der Waals surface area (Å²) in [7, 11) is 0. The quantitative estimate of drug-likeness (QED) is 0.449. The van der Waals surface area contributed by atoms with Crippen molar-refractivity contribution in [1.29, 1.82) is 0 Å². The number of benzene rings is 2. The lowest BCUT2D eigenvalue weighted by Crippen LogP contribution is -2.36. The van der Waals surface area contributed by atoms with Gasteiger partial charge in [-0.05, 0) is 55.2 Å². The van der Waals surface area contributed by atoms with Gasteiger partial charge in [-0.25, -0.2) is 4.79 Å². The lowest BCUT2D eigenvalue weighted by atomic mass is 10.1. The minimum atomic E-state index is -4.56. The van der Waals surface area contributed by atoms with E-state index in [1.807, 2.05) is 12.1 Å². The zero-order valence-corrected chi connectivity index (χ0v) is 23.7. The third-order valence-corrected chi connectivity index (χ3v) is 6.27. The van der Waals surface area contributed by atoms with Crippen molar-refractivity contribution >= 4 is 17.9 Å². The Balaban J connectivity index is 1.54. The number of carbonyl (C=O) groups excluding carboxylic acids is 2. The van der Waals surface area contributed by atoms with Gasteiger partial charge in [-0.2, -0.15) is 28.1 Å². The fraction of sp³-hybridized carbons (Fsp3) is 0.414. The maximum atomic E-state index is 12.8. The van der Waals surface area contributed by atoms with E-state index in [1.165, 1.54) is 0 Å². The summed E-state index contributed by atoms with van der Waals surface area (Å²) in [5.74, 6) is 0.589. The van der Waals surface area contributed by atoms with E-state index in [9.17, 15) is 22.8 Å². The summed E-state index contributed by atoms with van der Waals surface area (Å²) in [4.78, 5) is 39.0. The number of halogens is 3. The highest BCUT2D eigenvalue weighted by Crippen LogP contribution is 2.19. The lowest BCUT2D eigenvalue weighted by molar-refractivity contribution is -0.154. The van der Waals surface area contributed by atoms with Crippen LogP contribution in [-0.4, -0.2) is 77.5 Å². The lowest BCUT2D eigenvalue weighted by Gasteiger charge is -2.22. The Hall–Kier alpha value is -4.62. The van der Waals surface area contributed by atoms with Gasteiger partial charge in [-0.15, -0.1) is 0 Å². The Morgan fingerprint density at radius 1 is 0.977 bits per heavy atom. The summed E-state index contributed by atoms with van der Waals surface area (Å²) in [5.41, 5.74) is 2.02. The van der Waals surface area contributed by atoms with Crippen LogP contribution in [-0.2, 0) is 17.7 Å². The van der Waals surface area contributed by atoms with E-state index in [1.54, 1.807) is 48.2 Å². The molecule has 0 fully saturated rings. The van der Waals surface area contributed by atoms with E-state index in [4.69, 9.17) is 14.2 Å². The van der Waals surface area contributed by atoms with Crippen molar-refractivity contribution in [2.75, 3.05) is 44.8 Å². The number of carbonyl (C=O) groups is 2. The Bertz CT molecular complexity index is 1360. The molecule has 3 aromatic rings. The number of anilines is 1. The number of hydrogen-bond acceptors (Lipinski definition) is 9. The molecule has 0 saturated carbocycles. The smallest absolute Gasteiger partial charge is 0.422 e. The van der Waals surface area contributed by atoms with Crippen LogP contribution in [0.2, 0.25) is 0 Å². The van der Waals surface area contributed by atoms with Crippen LogP contribution in [0.1, 0.15) is 47.1 Å². The maximum Gasteiger partial charge on any atom is 0.422 e. The molecule has 0 spiro atoms. The molecule has 1 aromatic heterocycles. The first-order valence-electron chi connectivity index (χ1n) is 13.9. The molecule has 4 aliphatic heterocycles. The molecule has 43 heavy (non-hydrogen) atoms. The van der Waals surface area contributed by atoms with E-state index < -0.39 is 24.9 Å². The van der Waals surface area contributed by atoms with Crippen molar-refractivity contribution in [3.05, 3.63) is 71.0 Å². The van der Waals surface area contributed by atoms with Crippen molar-refractivity contribution in [2.24, 2.45) is 0 Å². The number of nitrogens with zero attached hydrogens (tertiary/aromatic N) is 4. The average Bonchev–Trinajstić information content (AvgIpc) is 2.98. The van der Waals surface area contributed by atoms with Gasteiger partial charge < -0.3 is 29.7 Å². The molecule has 0 atom stereocenters. The highest BCUT2D eigenvalue weighted by molar-refractivity contribution is 5.94. The first-order valence-corrected chi connectivity index (χ1v) is 13.9. The predicted molar refractivity (Wildman–Crippen MR) is 150 cm³/mol. The number of ether oxygens (including phenoxy) is 3. The normalized spacial score (nSPS) is 15.1. The van der Waals surface area contributed by atoms with Crippen LogP contribution in [0.3, 0.4) is 0 Å². The number of nitrogens with one attached hydrogen (secondary N) is 2. The van der Waals surface area contributed by atoms with Gasteiger partial charge in [-0.1, -0.05) is 24.3 Å². The summed E-state index contributed by atoms with van der Waals surface area (Å²) >= 11 is 0. The van der Waals surface area contributed by atoms with E-state index in [0.717, 1.165) is 11.1 Å². The van der Waals surface area contributed by atoms with Gasteiger partial charge in [0, 0.05) is 31.6 Å². The van der Waals surface area contributed by atoms with E-state index >= 15 is 0 Å². The number of alkyl halides is 3. The molecule has 11 nitrogen and oxygen atoms in total. The van der Waals surface area contributed by atoms with Gasteiger partial charge in [0.2, 0.25) is 5.95 Å². The predicted octanol–water partition coefficient (Wildman–Crippen LogP) is 4.38. The Morgan fingerprint density at radius 2 is 1.72 bits per heavy atom. The molecule has 230 valence electrons. The molecule has 0 aliphatic carbocycles. The number of rotatable bonds is 3. The molecule has 0 unspecified atom stereocenters. The largest absolute Gasteiger partial charge is 0.492 e. The summed E-state index contributed by atoms with van der Waals surface area (Å²) in [6.07, 6.45) is -3.51. The summed E-state index contributed by atoms with van der Waals surface area (Å²) in [6.45, 7) is 2.17. The molecule has 0 saturated heterocycles. The fourth-order valence-corrected chi connectivity index (χ4v) is 4.12. The van der Waals surface area contributed by atoms with Crippen LogP contribution in [0, 0.1) is 0 Å². The summed E-state index contributed by atoms with van der Waals surface area (Å²) in [5, 5.41) is 5.87. The van der Waals surface area contributed by atoms with Crippen LogP contribution in [0.25, 0.3) is 0 Å². The molecule has 5 heterocycles. The number of aromatic nitrogens is 3. The first-order chi connectivity index (χ1) is 20.7. The van der Waals surface area contributed by atoms with Crippen molar-refractivity contribution in [2.45, 2.75) is 38.9 Å². The third-order valence-electron chi connectivity index (χ3n) is 6.27. The highest BCUT2D eigenvalue weighted by atomic mass is 19.4. The van der Waals surface area contributed by atoms with Crippen molar-refractivity contribution in [3.8, 4) is 11.8 Å². The molecule has 4 aliphatic rings. The molecular formula is C29H33F3N6O5. The van der Waals surface area contributed by atoms with E-state index in [2.05, 4.69) is 25.6 Å². The Kier molecular flexibility index (Phi) is 10.9. The van der Waals surface area contributed by atoms with Gasteiger partial charge in [0.15, 0.2) is 6.61 Å². The van der Waals surface area contributed by atoms with Crippen LogP contribution in [0.5, 0.6) is 11.8 Å². The summed E-state index contributed by atoms with van der Waals surface area (Å²) in [6, 6.07) is 13.5. The standard InChI is InChI=1S/C29H33F3N6O5/c1-2-41-28(40)38-14-4-3-13-33-25(39)22-9-5-20(6-10-22)17-24-35-26(37-27(36-24)43-19-29(30,31)32)34-18-21-7-11-23(12-8-21)42-16-15-38/h5-12H,2-4,13-19H2,1H3,(H,33,39)(H,34,35,36,37). The molecule has 7 rings (SSSR count). The van der Waals surface area contributed by atoms with Gasteiger partial charge in [0.25, 0.3) is 5.91 Å². The van der Waals surface area contributed by atoms with Gasteiger partial charge in [0.05, 0.1) is 13.2 Å². The number of amides is 2. The second kappa shape index (κ2) is 15.0. The highest BCUT2D eigenvalue weighted by Gasteiger charge is 2.29.